The number of aliphatic carboxylic acids is 1. The van der Waals surface area contributed by atoms with Gasteiger partial charge in [0.15, 0.2) is 5.25 Å². The van der Waals surface area contributed by atoms with Gasteiger partial charge in [-0.15, -0.1) is 0 Å². The Hall–Kier alpha value is -1.69. The van der Waals surface area contributed by atoms with Crippen LogP contribution in [0.4, 0.5) is 0 Å². The topological polar surface area (TPSA) is 80.7 Å². The van der Waals surface area contributed by atoms with E-state index in [0.29, 0.717) is 11.5 Å². The van der Waals surface area contributed by atoms with Crippen LogP contribution in [0.25, 0.3) is 0 Å². The van der Waals surface area contributed by atoms with Crippen LogP contribution in [0.3, 0.4) is 0 Å². The number of hydrogen-bond donors (Lipinski definition) is 1. The molecular weight excluding hydrogens is 352 g/mol. The number of hydrogen-bond acceptors (Lipinski definition) is 4. The van der Waals surface area contributed by atoms with Crippen LogP contribution in [0, 0.1) is 11.3 Å². The lowest BCUT2D eigenvalue weighted by molar-refractivity contribution is -0.148. The van der Waals surface area contributed by atoms with E-state index >= 15 is 0 Å². The monoisotopic (exact) mass is 380 g/mol. The molecule has 26 heavy (non-hydrogen) atoms. The van der Waals surface area contributed by atoms with E-state index in [1.54, 1.807) is 30.3 Å². The molecule has 1 aromatic rings. The molecule has 0 aliphatic heterocycles. The van der Waals surface area contributed by atoms with Gasteiger partial charge in [-0.3, -0.25) is 13.8 Å². The molecule has 0 aromatic heterocycles. The fourth-order valence-corrected chi connectivity index (χ4v) is 4.65. The number of carbonyl (C=O) groups is 2. The summed E-state index contributed by atoms with van der Waals surface area (Å²) in [6, 6.07) is 8.35. The van der Waals surface area contributed by atoms with Gasteiger partial charge in [0.05, 0.1) is 10.8 Å². The maximum absolute atomic E-state index is 12.5. The fraction of sp³-hybridized carbons (Fsp3) is 0.600. The van der Waals surface area contributed by atoms with Gasteiger partial charge in [-0.2, -0.15) is 0 Å². The molecule has 0 amide bonds. The summed E-state index contributed by atoms with van der Waals surface area (Å²) in [5.74, 6) is -1.57. The summed E-state index contributed by atoms with van der Waals surface area (Å²) in [6.07, 6.45) is 3.47. The Balaban J connectivity index is 1.89. The molecule has 2 atom stereocenters. The summed E-state index contributed by atoms with van der Waals surface area (Å²) >= 11 is 0. The Morgan fingerprint density at radius 1 is 1.15 bits per heavy atom. The van der Waals surface area contributed by atoms with E-state index in [9.17, 15) is 18.9 Å². The van der Waals surface area contributed by atoms with Gasteiger partial charge >= 0.3 is 11.9 Å². The summed E-state index contributed by atoms with van der Waals surface area (Å²) in [4.78, 5) is 23.6. The van der Waals surface area contributed by atoms with E-state index in [1.807, 2.05) is 0 Å². The van der Waals surface area contributed by atoms with Crippen LogP contribution < -0.4 is 0 Å². The Labute approximate surface area is 157 Å². The fourth-order valence-electron chi connectivity index (χ4n) is 3.50. The van der Waals surface area contributed by atoms with Crippen molar-refractivity contribution < 1.29 is 23.6 Å². The maximum atomic E-state index is 12.5. The summed E-state index contributed by atoms with van der Waals surface area (Å²) < 4.78 is 17.9. The van der Waals surface area contributed by atoms with Gasteiger partial charge in [-0.25, -0.2) is 0 Å². The number of carboxylic acid groups (broad SMARTS) is 1. The predicted molar refractivity (Wildman–Crippen MR) is 101 cm³/mol. The van der Waals surface area contributed by atoms with E-state index in [2.05, 4.69) is 20.8 Å². The van der Waals surface area contributed by atoms with Crippen LogP contribution in [-0.2, 0) is 25.1 Å². The average molecular weight is 381 g/mol. The van der Waals surface area contributed by atoms with E-state index in [0.717, 1.165) is 25.7 Å². The van der Waals surface area contributed by atoms with Gasteiger partial charge in [0.2, 0.25) is 0 Å². The normalized spacial score (nSPS) is 23.0. The molecule has 2 rings (SSSR count). The zero-order valence-electron chi connectivity index (χ0n) is 15.6. The van der Waals surface area contributed by atoms with Crippen molar-refractivity contribution in [2.75, 3.05) is 5.75 Å². The molecule has 144 valence electrons. The minimum Gasteiger partial charge on any atom is -0.480 e. The van der Waals surface area contributed by atoms with Crippen LogP contribution in [0.15, 0.2) is 30.3 Å². The van der Waals surface area contributed by atoms with Crippen molar-refractivity contribution in [2.24, 2.45) is 11.3 Å². The van der Waals surface area contributed by atoms with E-state index in [-0.39, 0.29) is 11.5 Å². The molecule has 0 bridgehead atoms. The maximum Gasteiger partial charge on any atom is 0.323 e. The Kier molecular flexibility index (Phi) is 6.98. The predicted octanol–water partition coefficient (Wildman–Crippen LogP) is 3.71. The average Bonchev–Trinajstić information content (AvgIpc) is 2.55. The quantitative estimate of drug-likeness (QED) is 0.761. The van der Waals surface area contributed by atoms with Crippen LogP contribution in [0.5, 0.6) is 0 Å². The largest absolute Gasteiger partial charge is 0.480 e. The molecule has 5 nitrogen and oxygen atoms in total. The smallest absolute Gasteiger partial charge is 0.323 e. The van der Waals surface area contributed by atoms with Crippen molar-refractivity contribution in [1.29, 1.82) is 0 Å². The lowest BCUT2D eigenvalue weighted by Gasteiger charge is -2.36. The third-order valence-corrected chi connectivity index (χ3v) is 6.57. The summed E-state index contributed by atoms with van der Waals surface area (Å²) in [5.41, 5.74) is 0.678. The van der Waals surface area contributed by atoms with E-state index in [4.69, 9.17) is 4.74 Å². The first-order chi connectivity index (χ1) is 12.2. The first-order valence-corrected chi connectivity index (χ1v) is 10.4. The molecule has 1 aliphatic rings. The van der Waals surface area contributed by atoms with Crippen molar-refractivity contribution in [3.05, 3.63) is 35.9 Å². The van der Waals surface area contributed by atoms with Crippen LogP contribution >= 0.6 is 0 Å². The molecule has 1 aromatic carbocycles. The molecule has 0 heterocycles. The Morgan fingerprint density at radius 2 is 1.73 bits per heavy atom. The summed E-state index contributed by atoms with van der Waals surface area (Å²) in [7, 11) is -1.87. The second kappa shape index (κ2) is 8.80. The molecule has 0 spiro atoms. The van der Waals surface area contributed by atoms with Crippen molar-refractivity contribution in [2.45, 2.75) is 57.8 Å². The second-order valence-corrected chi connectivity index (χ2v) is 9.51. The zero-order chi connectivity index (χ0) is 19.3. The molecule has 6 heteroatoms. The standard InChI is InChI=1S/C20H28O5S/c1-20(2,3)15-9-11-16(12-10-15)25-17(21)13-26(24)18(19(22)23)14-7-5-4-6-8-14/h4-8,15-16,18H,9-13H2,1-3H3,(H,22,23). The third-order valence-electron chi connectivity index (χ3n) is 5.05. The van der Waals surface area contributed by atoms with Gasteiger partial charge in [-0.1, -0.05) is 51.1 Å². The number of rotatable bonds is 6. The number of esters is 1. The molecule has 1 saturated carbocycles. The molecule has 0 radical (unpaired) electrons. The molecule has 2 unspecified atom stereocenters. The second-order valence-electron chi connectivity index (χ2n) is 7.98. The highest BCUT2D eigenvalue weighted by Crippen LogP contribution is 2.38. The lowest BCUT2D eigenvalue weighted by atomic mass is 9.72. The first kappa shape index (κ1) is 20.6. The van der Waals surface area contributed by atoms with Crippen LogP contribution in [0.1, 0.15) is 57.3 Å². The molecule has 1 aliphatic carbocycles. The van der Waals surface area contributed by atoms with E-state index in [1.165, 1.54) is 0 Å². The van der Waals surface area contributed by atoms with Gasteiger partial charge < -0.3 is 9.84 Å². The third kappa shape index (κ3) is 5.66. The Morgan fingerprint density at radius 3 is 2.23 bits per heavy atom. The minimum absolute atomic E-state index is 0.155. The summed E-state index contributed by atoms with van der Waals surface area (Å²) in [5, 5.41) is 8.17. The lowest BCUT2D eigenvalue weighted by Crippen LogP contribution is -2.32. The molecule has 1 fully saturated rings. The number of ether oxygens (including phenoxy) is 1. The van der Waals surface area contributed by atoms with Gasteiger partial charge in [-0.05, 0) is 42.6 Å². The van der Waals surface area contributed by atoms with Crippen LogP contribution in [-0.4, -0.2) is 33.1 Å². The van der Waals surface area contributed by atoms with Crippen LogP contribution in [0.2, 0.25) is 0 Å². The van der Waals surface area contributed by atoms with Crippen molar-refractivity contribution in [3.8, 4) is 0 Å². The Bertz CT molecular complexity index is 642. The molecule has 1 N–H and O–H groups in total. The van der Waals surface area contributed by atoms with E-state index < -0.39 is 33.7 Å². The highest BCUT2D eigenvalue weighted by Gasteiger charge is 2.33. The van der Waals surface area contributed by atoms with Crippen molar-refractivity contribution in [1.82, 2.24) is 0 Å². The first-order valence-electron chi connectivity index (χ1n) is 9.03. The number of carboxylic acids is 1. The van der Waals surface area contributed by atoms with Crippen molar-refractivity contribution >= 4 is 22.7 Å². The zero-order valence-corrected chi connectivity index (χ0v) is 16.5. The van der Waals surface area contributed by atoms with Gasteiger partial charge in [0.25, 0.3) is 0 Å². The highest BCUT2D eigenvalue weighted by atomic mass is 32.2. The number of carbonyl (C=O) groups excluding carboxylic acids is 1. The number of benzene rings is 1. The van der Waals surface area contributed by atoms with Gasteiger partial charge in [0.1, 0.15) is 11.9 Å². The highest BCUT2D eigenvalue weighted by molar-refractivity contribution is 7.86. The molecular formula is C20H28O5S. The SMILES string of the molecule is CC(C)(C)C1CCC(OC(=O)CS(=O)C(C(=O)O)c2ccccc2)CC1. The molecule has 0 saturated heterocycles. The van der Waals surface area contributed by atoms with Gasteiger partial charge in [0, 0.05) is 0 Å². The summed E-state index contributed by atoms with van der Waals surface area (Å²) in [6.45, 7) is 6.67. The van der Waals surface area contributed by atoms with Crippen molar-refractivity contribution in [3.63, 3.8) is 0 Å². The minimum atomic E-state index is -1.87.